The number of furan rings is 1. The molecule has 0 aliphatic heterocycles. The first-order valence-corrected chi connectivity index (χ1v) is 13.7. The molecule has 0 atom stereocenters. The summed E-state index contributed by atoms with van der Waals surface area (Å²) in [5, 5.41) is 7.09. The number of rotatable bonds is 8. The Kier molecular flexibility index (Phi) is 7.62. The molecule has 0 unspecified atom stereocenters. The topological polar surface area (TPSA) is 125 Å². The highest BCUT2D eigenvalue weighted by Crippen LogP contribution is 2.44. The Morgan fingerprint density at radius 3 is 2.61 bits per heavy atom. The van der Waals surface area contributed by atoms with Gasteiger partial charge >= 0.3 is 6.18 Å². The zero-order chi connectivity index (χ0) is 29.5. The van der Waals surface area contributed by atoms with Crippen molar-refractivity contribution in [3.8, 4) is 16.9 Å². The van der Waals surface area contributed by atoms with Crippen LogP contribution in [0.4, 0.5) is 18.9 Å². The Labute approximate surface area is 243 Å². The Balaban J connectivity index is 1.55. The van der Waals surface area contributed by atoms with Crippen LogP contribution in [0.15, 0.2) is 57.6 Å². The number of halogens is 4. The molecule has 41 heavy (non-hydrogen) atoms. The minimum atomic E-state index is -4.76. The smallest absolute Gasteiger partial charge is 0.433 e. The fourth-order valence-corrected chi connectivity index (χ4v) is 5.56. The lowest BCUT2D eigenvalue weighted by atomic mass is 10.0. The van der Waals surface area contributed by atoms with Crippen LogP contribution in [-0.2, 0) is 19.3 Å². The standard InChI is InChI=1S/C27H21BrF3N5O4S/c1-3-36-11-16(13(2)35-36)15-10-20(27(29,30)31)33-26-21(15)22(23(41-26)24(32)37)34-25(38)19-9-8-14(40-19)12-39-18-7-5-4-6-17(18)28/h4-11H,3,12H2,1-2H3,(H2,32,37)(H,34,38). The largest absolute Gasteiger partial charge is 0.484 e. The van der Waals surface area contributed by atoms with E-state index in [1.54, 1.807) is 36.0 Å². The van der Waals surface area contributed by atoms with Crippen molar-refractivity contribution in [2.45, 2.75) is 33.2 Å². The summed E-state index contributed by atoms with van der Waals surface area (Å²) in [7, 11) is 0. The third-order valence-corrected chi connectivity index (χ3v) is 7.82. The minimum absolute atomic E-state index is 0.0266. The van der Waals surface area contributed by atoms with Gasteiger partial charge in [0.2, 0.25) is 0 Å². The number of alkyl halides is 3. The predicted octanol–water partition coefficient (Wildman–Crippen LogP) is 6.79. The van der Waals surface area contributed by atoms with Gasteiger partial charge < -0.3 is 20.2 Å². The van der Waals surface area contributed by atoms with Gasteiger partial charge in [0, 0.05) is 23.7 Å². The number of nitrogens with two attached hydrogens (primary N) is 1. The van der Waals surface area contributed by atoms with Gasteiger partial charge in [-0.25, -0.2) is 4.98 Å². The number of carbonyl (C=O) groups is 2. The average Bonchev–Trinajstić information content (AvgIpc) is 3.64. The summed E-state index contributed by atoms with van der Waals surface area (Å²) < 4.78 is 55.1. The number of anilines is 1. The number of hydrogen-bond donors (Lipinski definition) is 2. The number of thiophene rings is 1. The maximum atomic E-state index is 13.8. The third kappa shape index (κ3) is 5.70. The molecular formula is C27H21BrF3N5O4S. The zero-order valence-electron chi connectivity index (χ0n) is 21.5. The highest BCUT2D eigenvalue weighted by Gasteiger charge is 2.35. The van der Waals surface area contributed by atoms with Crippen molar-refractivity contribution in [1.82, 2.24) is 14.8 Å². The number of fused-ring (bicyclic) bond motifs is 1. The maximum absolute atomic E-state index is 13.8. The summed E-state index contributed by atoms with van der Waals surface area (Å²) in [6.07, 6.45) is -3.17. The van der Waals surface area contributed by atoms with Crippen molar-refractivity contribution >= 4 is 55.0 Å². The van der Waals surface area contributed by atoms with Gasteiger partial charge in [0.05, 0.1) is 15.9 Å². The molecule has 5 rings (SSSR count). The number of ether oxygens (including phenoxy) is 1. The molecular weight excluding hydrogens is 627 g/mol. The highest BCUT2D eigenvalue weighted by molar-refractivity contribution is 9.10. The molecule has 0 radical (unpaired) electrons. The summed E-state index contributed by atoms with van der Waals surface area (Å²) >= 11 is 4.04. The number of benzene rings is 1. The third-order valence-electron chi connectivity index (χ3n) is 6.07. The van der Waals surface area contributed by atoms with Crippen LogP contribution in [-0.4, -0.2) is 26.6 Å². The van der Waals surface area contributed by atoms with Crippen molar-refractivity contribution in [3.63, 3.8) is 0 Å². The van der Waals surface area contributed by atoms with Crippen LogP contribution < -0.4 is 15.8 Å². The van der Waals surface area contributed by atoms with E-state index in [1.807, 2.05) is 19.1 Å². The monoisotopic (exact) mass is 647 g/mol. The van der Waals surface area contributed by atoms with E-state index in [0.717, 1.165) is 10.5 Å². The van der Waals surface area contributed by atoms with Gasteiger partial charge in [-0.1, -0.05) is 12.1 Å². The first-order chi connectivity index (χ1) is 19.5. The molecule has 3 N–H and O–H groups in total. The van der Waals surface area contributed by atoms with E-state index in [9.17, 15) is 22.8 Å². The minimum Gasteiger partial charge on any atom is -0.484 e. The van der Waals surface area contributed by atoms with Crippen LogP contribution in [0.1, 0.15) is 44.3 Å². The molecule has 0 aliphatic carbocycles. The summed E-state index contributed by atoms with van der Waals surface area (Å²) in [5.41, 5.74) is 5.30. The van der Waals surface area contributed by atoms with Crippen molar-refractivity contribution < 1.29 is 31.9 Å². The molecule has 0 spiro atoms. The van der Waals surface area contributed by atoms with E-state index in [-0.39, 0.29) is 38.7 Å². The van der Waals surface area contributed by atoms with E-state index in [1.165, 1.54) is 6.07 Å². The van der Waals surface area contributed by atoms with Crippen LogP contribution in [0, 0.1) is 6.92 Å². The molecule has 0 aliphatic rings. The molecule has 14 heteroatoms. The van der Waals surface area contributed by atoms with Crippen molar-refractivity contribution in [2.24, 2.45) is 5.73 Å². The molecule has 4 heterocycles. The number of nitrogens with zero attached hydrogens (tertiary/aromatic N) is 3. The van der Waals surface area contributed by atoms with Crippen molar-refractivity contribution in [1.29, 1.82) is 0 Å². The fraction of sp³-hybridized carbons (Fsp3) is 0.185. The summed E-state index contributed by atoms with van der Waals surface area (Å²) in [6.45, 7) is 3.99. The SMILES string of the molecule is CCn1cc(-c2cc(C(F)(F)F)nc3sc(C(N)=O)c(NC(=O)c4ccc(COc5ccccc5Br)o4)c23)c(C)n1. The number of aromatic nitrogens is 3. The maximum Gasteiger partial charge on any atom is 0.433 e. The normalized spacial score (nSPS) is 11.7. The van der Waals surface area contributed by atoms with Crippen LogP contribution >= 0.6 is 27.3 Å². The van der Waals surface area contributed by atoms with Crippen molar-refractivity contribution in [3.05, 3.63) is 80.9 Å². The number of aryl methyl sites for hydroxylation is 2. The molecule has 0 saturated carbocycles. The molecule has 1 aromatic carbocycles. The molecule has 0 saturated heterocycles. The molecule has 212 valence electrons. The lowest BCUT2D eigenvalue weighted by Gasteiger charge is -2.11. The molecule has 4 aromatic heterocycles. The average molecular weight is 648 g/mol. The van der Waals surface area contributed by atoms with Gasteiger partial charge in [-0.3, -0.25) is 14.3 Å². The zero-order valence-corrected chi connectivity index (χ0v) is 23.9. The van der Waals surface area contributed by atoms with Crippen LogP contribution in [0.5, 0.6) is 5.75 Å². The molecule has 2 amide bonds. The number of carbonyl (C=O) groups excluding carboxylic acids is 2. The first kappa shape index (κ1) is 28.4. The van der Waals surface area contributed by atoms with Gasteiger partial charge in [0.1, 0.15) is 33.5 Å². The molecule has 9 nitrogen and oxygen atoms in total. The fourth-order valence-electron chi connectivity index (χ4n) is 4.16. The Bertz CT molecular complexity index is 1790. The first-order valence-electron chi connectivity index (χ1n) is 12.1. The van der Waals surface area contributed by atoms with Gasteiger partial charge in [-0.05, 0) is 65.7 Å². The molecule has 0 bridgehead atoms. The van der Waals surface area contributed by atoms with Gasteiger partial charge in [0.15, 0.2) is 5.76 Å². The second-order valence-electron chi connectivity index (χ2n) is 8.83. The Morgan fingerprint density at radius 1 is 1.20 bits per heavy atom. The van der Waals surface area contributed by atoms with Gasteiger partial charge in [-0.2, -0.15) is 18.3 Å². The molecule has 0 fully saturated rings. The van der Waals surface area contributed by atoms with E-state index in [0.29, 0.717) is 40.6 Å². The number of nitrogens with one attached hydrogen (secondary N) is 1. The van der Waals surface area contributed by atoms with Crippen LogP contribution in [0.2, 0.25) is 0 Å². The van der Waals surface area contributed by atoms with Gasteiger partial charge in [-0.15, -0.1) is 11.3 Å². The summed E-state index contributed by atoms with van der Waals surface area (Å²) in [6, 6.07) is 11.1. The lowest BCUT2D eigenvalue weighted by Crippen LogP contribution is -2.16. The number of para-hydroxylation sites is 1. The Morgan fingerprint density at radius 2 is 1.95 bits per heavy atom. The second kappa shape index (κ2) is 11.0. The van der Waals surface area contributed by atoms with Gasteiger partial charge in [0.25, 0.3) is 11.8 Å². The number of primary amides is 1. The Hall–Kier alpha value is -4.17. The van der Waals surface area contributed by atoms with Crippen LogP contribution in [0.3, 0.4) is 0 Å². The van der Waals surface area contributed by atoms with E-state index in [2.05, 4.69) is 31.3 Å². The van der Waals surface area contributed by atoms with Crippen molar-refractivity contribution in [2.75, 3.05) is 5.32 Å². The summed E-state index contributed by atoms with van der Waals surface area (Å²) in [5.74, 6) is -0.875. The predicted molar refractivity (Wildman–Crippen MR) is 150 cm³/mol. The number of hydrogen-bond acceptors (Lipinski definition) is 7. The summed E-state index contributed by atoms with van der Waals surface area (Å²) in [4.78, 5) is 29.1. The second-order valence-corrected chi connectivity index (χ2v) is 10.7. The number of pyridine rings is 1. The van der Waals surface area contributed by atoms with Crippen LogP contribution in [0.25, 0.3) is 21.3 Å². The number of amides is 2. The van der Waals surface area contributed by atoms with E-state index < -0.39 is 23.7 Å². The molecule has 5 aromatic rings. The van der Waals surface area contributed by atoms with E-state index >= 15 is 0 Å². The highest BCUT2D eigenvalue weighted by atomic mass is 79.9. The quantitative estimate of drug-likeness (QED) is 0.191. The lowest BCUT2D eigenvalue weighted by molar-refractivity contribution is -0.140. The van der Waals surface area contributed by atoms with E-state index in [4.69, 9.17) is 14.9 Å².